The molecule has 2 aromatic rings. The van der Waals surface area contributed by atoms with Crippen LogP contribution in [-0.4, -0.2) is 6.18 Å². The van der Waals surface area contributed by atoms with E-state index in [1.165, 1.54) is 12.1 Å². The summed E-state index contributed by atoms with van der Waals surface area (Å²) in [7, 11) is 0. The zero-order valence-electron chi connectivity index (χ0n) is 11.4. The lowest BCUT2D eigenvalue weighted by Gasteiger charge is -2.22. The molecule has 1 unspecified atom stereocenters. The summed E-state index contributed by atoms with van der Waals surface area (Å²) in [5.74, 6) is -0.557. The highest BCUT2D eigenvalue weighted by molar-refractivity contribution is 5.48. The number of benzene rings is 2. The standard InChI is InChI=1S/C16H15F4N/c1-11-7-8-14(13(17)9-11)21-15(10-16(18,19)20)12-5-3-2-4-6-12/h2-9,15,21H,10H2,1H3. The van der Waals surface area contributed by atoms with Gasteiger partial charge in [0.05, 0.1) is 18.2 Å². The van der Waals surface area contributed by atoms with Gasteiger partial charge in [-0.25, -0.2) is 4.39 Å². The van der Waals surface area contributed by atoms with Gasteiger partial charge in [-0.05, 0) is 30.2 Å². The number of hydrogen-bond donors (Lipinski definition) is 1. The molecule has 1 N–H and O–H groups in total. The molecule has 0 aromatic heterocycles. The van der Waals surface area contributed by atoms with Crippen LogP contribution in [-0.2, 0) is 0 Å². The summed E-state index contributed by atoms with van der Waals surface area (Å²) < 4.78 is 52.0. The minimum Gasteiger partial charge on any atom is -0.376 e. The second kappa shape index (κ2) is 6.16. The summed E-state index contributed by atoms with van der Waals surface area (Å²) in [5, 5.41) is 2.65. The second-order valence-electron chi connectivity index (χ2n) is 4.91. The summed E-state index contributed by atoms with van der Waals surface area (Å²) in [6.07, 6.45) is -5.40. The monoisotopic (exact) mass is 297 g/mol. The zero-order valence-corrected chi connectivity index (χ0v) is 11.4. The van der Waals surface area contributed by atoms with E-state index in [1.807, 2.05) is 0 Å². The Morgan fingerprint density at radius 2 is 1.71 bits per heavy atom. The molecule has 0 saturated heterocycles. The van der Waals surface area contributed by atoms with E-state index in [4.69, 9.17) is 0 Å². The van der Waals surface area contributed by atoms with Gasteiger partial charge >= 0.3 is 6.18 Å². The fraction of sp³-hybridized carbons (Fsp3) is 0.250. The first-order chi connectivity index (χ1) is 9.85. The molecular weight excluding hydrogens is 282 g/mol. The van der Waals surface area contributed by atoms with E-state index in [0.717, 1.165) is 0 Å². The average Bonchev–Trinajstić information content (AvgIpc) is 2.40. The second-order valence-corrected chi connectivity index (χ2v) is 4.91. The Labute approximate surface area is 120 Å². The first-order valence-electron chi connectivity index (χ1n) is 6.49. The zero-order chi connectivity index (χ0) is 15.5. The van der Waals surface area contributed by atoms with Crippen molar-refractivity contribution in [2.24, 2.45) is 0 Å². The molecule has 0 bridgehead atoms. The van der Waals surface area contributed by atoms with Gasteiger partial charge < -0.3 is 5.32 Å². The lowest BCUT2D eigenvalue weighted by atomic mass is 10.0. The van der Waals surface area contributed by atoms with E-state index < -0.39 is 24.5 Å². The molecule has 0 fully saturated rings. The predicted molar refractivity (Wildman–Crippen MR) is 74.6 cm³/mol. The topological polar surface area (TPSA) is 12.0 Å². The van der Waals surface area contributed by atoms with Gasteiger partial charge in [0, 0.05) is 0 Å². The maximum absolute atomic E-state index is 13.8. The van der Waals surface area contributed by atoms with Crippen LogP contribution in [0, 0.1) is 12.7 Å². The minimum absolute atomic E-state index is 0.0682. The maximum atomic E-state index is 13.8. The summed E-state index contributed by atoms with van der Waals surface area (Å²) in [6.45, 7) is 1.72. The van der Waals surface area contributed by atoms with Gasteiger partial charge in [-0.15, -0.1) is 0 Å². The van der Waals surface area contributed by atoms with Gasteiger partial charge in [0.25, 0.3) is 0 Å². The van der Waals surface area contributed by atoms with E-state index in [2.05, 4.69) is 5.32 Å². The van der Waals surface area contributed by atoms with Gasteiger partial charge in [-0.2, -0.15) is 13.2 Å². The molecule has 5 heteroatoms. The average molecular weight is 297 g/mol. The van der Waals surface area contributed by atoms with E-state index >= 15 is 0 Å². The molecular formula is C16H15F4N. The quantitative estimate of drug-likeness (QED) is 0.761. The van der Waals surface area contributed by atoms with Crippen LogP contribution >= 0.6 is 0 Å². The third kappa shape index (κ3) is 4.48. The molecule has 0 aliphatic heterocycles. The molecule has 0 spiro atoms. The molecule has 0 aliphatic carbocycles. The molecule has 21 heavy (non-hydrogen) atoms. The van der Waals surface area contributed by atoms with E-state index in [-0.39, 0.29) is 5.69 Å². The molecule has 0 amide bonds. The van der Waals surface area contributed by atoms with Crippen molar-refractivity contribution >= 4 is 5.69 Å². The summed E-state index contributed by atoms with van der Waals surface area (Å²) in [6, 6.07) is 11.6. The van der Waals surface area contributed by atoms with Crippen LogP contribution in [0.1, 0.15) is 23.6 Å². The van der Waals surface area contributed by atoms with Crippen molar-refractivity contribution in [2.75, 3.05) is 5.32 Å². The van der Waals surface area contributed by atoms with Gasteiger partial charge in [0.1, 0.15) is 5.82 Å². The Morgan fingerprint density at radius 3 is 2.29 bits per heavy atom. The predicted octanol–water partition coefficient (Wildman–Crippen LogP) is 5.24. The first-order valence-corrected chi connectivity index (χ1v) is 6.49. The van der Waals surface area contributed by atoms with Crippen molar-refractivity contribution in [3.8, 4) is 0 Å². The molecule has 0 aliphatic rings. The van der Waals surface area contributed by atoms with Crippen LogP contribution in [0.5, 0.6) is 0 Å². The number of hydrogen-bond acceptors (Lipinski definition) is 1. The van der Waals surface area contributed by atoms with Crippen LogP contribution in [0.3, 0.4) is 0 Å². The van der Waals surface area contributed by atoms with Crippen molar-refractivity contribution in [2.45, 2.75) is 25.6 Å². The molecule has 112 valence electrons. The van der Waals surface area contributed by atoms with Crippen LogP contribution in [0.15, 0.2) is 48.5 Å². The van der Waals surface area contributed by atoms with E-state index in [9.17, 15) is 17.6 Å². The number of anilines is 1. The van der Waals surface area contributed by atoms with Crippen molar-refractivity contribution in [1.82, 2.24) is 0 Å². The van der Waals surface area contributed by atoms with Gasteiger partial charge in [0.2, 0.25) is 0 Å². The minimum atomic E-state index is -4.34. The largest absolute Gasteiger partial charge is 0.391 e. The molecule has 2 rings (SSSR count). The molecule has 1 nitrogen and oxygen atoms in total. The first kappa shape index (κ1) is 15.4. The highest BCUT2D eigenvalue weighted by Gasteiger charge is 2.32. The Balaban J connectivity index is 2.28. The van der Waals surface area contributed by atoms with E-state index in [0.29, 0.717) is 11.1 Å². The van der Waals surface area contributed by atoms with E-state index in [1.54, 1.807) is 43.3 Å². The normalized spacial score (nSPS) is 13.0. The lowest BCUT2D eigenvalue weighted by molar-refractivity contribution is -0.137. The third-order valence-electron chi connectivity index (χ3n) is 3.09. The summed E-state index contributed by atoms with van der Waals surface area (Å²) in [4.78, 5) is 0. The highest BCUT2D eigenvalue weighted by atomic mass is 19.4. The molecule has 0 saturated carbocycles. The van der Waals surface area contributed by atoms with Crippen molar-refractivity contribution in [1.29, 1.82) is 0 Å². The Kier molecular flexibility index (Phi) is 4.50. The Hall–Kier alpha value is -2.04. The number of rotatable bonds is 4. The number of nitrogens with one attached hydrogen (secondary N) is 1. The lowest BCUT2D eigenvalue weighted by Crippen LogP contribution is -2.20. The van der Waals surface area contributed by atoms with Gasteiger partial charge in [-0.1, -0.05) is 36.4 Å². The third-order valence-corrected chi connectivity index (χ3v) is 3.09. The fourth-order valence-corrected chi connectivity index (χ4v) is 2.09. The van der Waals surface area contributed by atoms with Crippen LogP contribution in [0.25, 0.3) is 0 Å². The van der Waals surface area contributed by atoms with Crippen LogP contribution < -0.4 is 5.32 Å². The molecule has 1 atom stereocenters. The van der Waals surface area contributed by atoms with Crippen LogP contribution in [0.2, 0.25) is 0 Å². The smallest absolute Gasteiger partial charge is 0.376 e. The fourth-order valence-electron chi connectivity index (χ4n) is 2.09. The summed E-state index contributed by atoms with van der Waals surface area (Å²) in [5.41, 5.74) is 1.25. The van der Waals surface area contributed by atoms with Crippen molar-refractivity contribution in [3.05, 3.63) is 65.5 Å². The summed E-state index contributed by atoms with van der Waals surface area (Å²) >= 11 is 0. The maximum Gasteiger partial charge on any atom is 0.391 e. The Morgan fingerprint density at radius 1 is 1.05 bits per heavy atom. The molecule has 0 heterocycles. The number of halogens is 4. The van der Waals surface area contributed by atoms with Gasteiger partial charge in [-0.3, -0.25) is 0 Å². The highest BCUT2D eigenvalue weighted by Crippen LogP contribution is 2.32. The number of alkyl halides is 3. The van der Waals surface area contributed by atoms with Crippen LogP contribution in [0.4, 0.5) is 23.2 Å². The van der Waals surface area contributed by atoms with Crippen molar-refractivity contribution < 1.29 is 17.6 Å². The Bertz CT molecular complexity index is 593. The number of aryl methyl sites for hydroxylation is 1. The van der Waals surface area contributed by atoms with Gasteiger partial charge in [0.15, 0.2) is 0 Å². The van der Waals surface area contributed by atoms with Crippen molar-refractivity contribution in [3.63, 3.8) is 0 Å². The molecule has 2 aromatic carbocycles. The SMILES string of the molecule is Cc1ccc(NC(CC(F)(F)F)c2ccccc2)c(F)c1. The molecule has 0 radical (unpaired) electrons.